The van der Waals surface area contributed by atoms with Crippen LogP contribution >= 0.6 is 0 Å². The van der Waals surface area contributed by atoms with Crippen molar-refractivity contribution in [2.75, 3.05) is 6.54 Å². The van der Waals surface area contributed by atoms with Gasteiger partial charge in [-0.1, -0.05) is 18.2 Å². The van der Waals surface area contributed by atoms with Crippen LogP contribution < -0.4 is 5.32 Å². The summed E-state index contributed by atoms with van der Waals surface area (Å²) in [6.07, 6.45) is 4.13. The van der Waals surface area contributed by atoms with Crippen molar-refractivity contribution < 1.29 is 4.79 Å². The number of hydrogen-bond acceptors (Lipinski definition) is 4. The lowest BCUT2D eigenvalue weighted by atomic mass is 9.89. The summed E-state index contributed by atoms with van der Waals surface area (Å²) in [5.74, 6) is 0.398. The molecule has 0 spiro atoms. The van der Waals surface area contributed by atoms with Gasteiger partial charge in [0.1, 0.15) is 0 Å². The Hall–Kier alpha value is -3.17. The van der Waals surface area contributed by atoms with Gasteiger partial charge in [-0.25, -0.2) is 4.98 Å². The number of nitrogens with one attached hydrogen (secondary N) is 2. The zero-order chi connectivity index (χ0) is 21.8. The number of aromatic amines is 1. The average Bonchev–Trinajstić information content (AvgIpc) is 3.22. The molecule has 0 saturated heterocycles. The molecular weight excluding hydrogens is 386 g/mol. The zero-order valence-corrected chi connectivity index (χ0v) is 18.2. The van der Waals surface area contributed by atoms with Crippen molar-refractivity contribution in [3.05, 3.63) is 65.0 Å². The molecule has 6 heteroatoms. The van der Waals surface area contributed by atoms with Crippen LogP contribution in [0.5, 0.6) is 0 Å². The van der Waals surface area contributed by atoms with Crippen LogP contribution in [0.3, 0.4) is 0 Å². The molecule has 1 amide bonds. The Kier molecular flexibility index (Phi) is 6.34. The molecule has 1 saturated carbocycles. The van der Waals surface area contributed by atoms with Gasteiger partial charge in [0.05, 0.1) is 22.7 Å². The summed E-state index contributed by atoms with van der Waals surface area (Å²) >= 11 is 0. The van der Waals surface area contributed by atoms with Crippen LogP contribution in [0.4, 0.5) is 0 Å². The van der Waals surface area contributed by atoms with Crippen molar-refractivity contribution in [2.45, 2.75) is 58.2 Å². The number of aromatic nitrogens is 2. The first-order valence-corrected chi connectivity index (χ1v) is 11.1. The van der Waals surface area contributed by atoms with Gasteiger partial charge in [-0.15, -0.1) is 0 Å². The Labute approximate surface area is 183 Å². The normalized spacial score (nSPS) is 18.6. The van der Waals surface area contributed by atoms with E-state index in [0.29, 0.717) is 24.0 Å². The summed E-state index contributed by atoms with van der Waals surface area (Å²) in [4.78, 5) is 23.0. The molecule has 2 N–H and O–H groups in total. The van der Waals surface area contributed by atoms with E-state index in [1.807, 2.05) is 61.2 Å². The van der Waals surface area contributed by atoms with Gasteiger partial charge in [0.15, 0.2) is 5.82 Å². The van der Waals surface area contributed by atoms with Gasteiger partial charge in [-0.05, 0) is 74.9 Å². The van der Waals surface area contributed by atoms with Crippen LogP contribution in [0.1, 0.15) is 59.9 Å². The quantitative estimate of drug-likeness (QED) is 0.628. The van der Waals surface area contributed by atoms with Crippen LogP contribution in [0.25, 0.3) is 11.0 Å². The maximum Gasteiger partial charge on any atom is 0.289 e. The number of imidazole rings is 1. The summed E-state index contributed by atoms with van der Waals surface area (Å²) in [6, 6.07) is 16.5. The van der Waals surface area contributed by atoms with Crippen molar-refractivity contribution in [3.8, 4) is 6.07 Å². The molecule has 1 fully saturated rings. The number of amides is 1. The maximum atomic E-state index is 13.3. The molecule has 1 aliphatic carbocycles. The highest BCUT2D eigenvalue weighted by Crippen LogP contribution is 2.25. The minimum absolute atomic E-state index is 0.0243. The molecule has 3 aromatic rings. The average molecular weight is 416 g/mol. The highest BCUT2D eigenvalue weighted by molar-refractivity contribution is 5.94. The van der Waals surface area contributed by atoms with E-state index in [0.717, 1.165) is 54.4 Å². The predicted octanol–water partition coefficient (Wildman–Crippen LogP) is 4.31. The number of rotatable bonds is 6. The van der Waals surface area contributed by atoms with Gasteiger partial charge in [-0.2, -0.15) is 5.26 Å². The van der Waals surface area contributed by atoms with Crippen LogP contribution in [-0.2, 0) is 6.54 Å². The Balaban J connectivity index is 1.42. The number of H-pyrrole nitrogens is 1. The number of aryl methyl sites for hydroxylation is 1. The van der Waals surface area contributed by atoms with Crippen molar-refractivity contribution in [1.82, 2.24) is 20.2 Å². The Morgan fingerprint density at radius 1 is 1.29 bits per heavy atom. The van der Waals surface area contributed by atoms with Crippen LogP contribution in [0.15, 0.2) is 42.5 Å². The van der Waals surface area contributed by atoms with Crippen LogP contribution in [0, 0.1) is 18.3 Å². The third-order valence-electron chi connectivity index (χ3n) is 6.18. The van der Waals surface area contributed by atoms with Crippen molar-refractivity contribution in [2.24, 2.45) is 0 Å². The van der Waals surface area contributed by atoms with E-state index in [2.05, 4.69) is 21.4 Å². The number of carbonyl (C=O) groups excluding carboxylic acids is 1. The second kappa shape index (κ2) is 9.32. The first-order valence-electron chi connectivity index (χ1n) is 11.1. The van der Waals surface area contributed by atoms with Gasteiger partial charge in [0, 0.05) is 25.2 Å². The van der Waals surface area contributed by atoms with Crippen LogP contribution in [-0.4, -0.2) is 39.4 Å². The number of nitrogens with zero attached hydrogens (tertiary/aromatic N) is 3. The molecule has 4 rings (SSSR count). The van der Waals surface area contributed by atoms with Gasteiger partial charge < -0.3 is 15.2 Å². The molecular formula is C25H29N5O. The lowest BCUT2D eigenvalue weighted by molar-refractivity contribution is 0.0617. The number of nitriles is 1. The van der Waals surface area contributed by atoms with E-state index >= 15 is 0 Å². The fraction of sp³-hybridized carbons (Fsp3) is 0.400. The molecule has 2 aromatic carbocycles. The van der Waals surface area contributed by atoms with Gasteiger partial charge in [0.2, 0.25) is 0 Å². The number of fused-ring (bicyclic) bond motifs is 1. The van der Waals surface area contributed by atoms with Crippen molar-refractivity contribution >= 4 is 16.9 Å². The van der Waals surface area contributed by atoms with Gasteiger partial charge >= 0.3 is 0 Å². The summed E-state index contributed by atoms with van der Waals surface area (Å²) < 4.78 is 0. The zero-order valence-electron chi connectivity index (χ0n) is 18.2. The fourth-order valence-electron chi connectivity index (χ4n) is 4.57. The Bertz CT molecular complexity index is 1110. The Morgan fingerprint density at radius 3 is 2.97 bits per heavy atom. The molecule has 0 unspecified atom stereocenters. The van der Waals surface area contributed by atoms with E-state index in [9.17, 15) is 4.79 Å². The number of carbonyl (C=O) groups is 1. The molecule has 1 aromatic heterocycles. The van der Waals surface area contributed by atoms with E-state index in [1.165, 1.54) is 0 Å². The smallest absolute Gasteiger partial charge is 0.289 e. The topological polar surface area (TPSA) is 84.8 Å². The van der Waals surface area contributed by atoms with Gasteiger partial charge in [-0.3, -0.25) is 4.79 Å². The summed E-state index contributed by atoms with van der Waals surface area (Å²) in [5.41, 5.74) is 4.66. The molecule has 0 radical (unpaired) electrons. The molecule has 31 heavy (non-hydrogen) atoms. The van der Waals surface area contributed by atoms with E-state index < -0.39 is 0 Å². The number of hydrogen-bond donors (Lipinski definition) is 2. The molecule has 160 valence electrons. The lowest BCUT2D eigenvalue weighted by Crippen LogP contribution is -2.47. The second-order valence-corrected chi connectivity index (χ2v) is 8.41. The summed E-state index contributed by atoms with van der Waals surface area (Å²) in [7, 11) is 0. The molecule has 0 bridgehead atoms. The van der Waals surface area contributed by atoms with Crippen molar-refractivity contribution in [3.63, 3.8) is 0 Å². The molecule has 6 nitrogen and oxygen atoms in total. The monoisotopic (exact) mass is 415 g/mol. The SMILES string of the molecule is CCN(C(=O)c1nc2cc(C)ccc2[nH]1)[C@H]1CCC[C@@H](NCc2cccc(C#N)c2)C1. The number of benzene rings is 2. The van der Waals surface area contributed by atoms with Crippen molar-refractivity contribution in [1.29, 1.82) is 5.26 Å². The third kappa shape index (κ3) is 4.78. The third-order valence-corrected chi connectivity index (χ3v) is 6.18. The predicted molar refractivity (Wildman–Crippen MR) is 122 cm³/mol. The van der Waals surface area contributed by atoms with E-state index in [4.69, 9.17) is 5.26 Å². The standard InChI is InChI=1S/C25H29N5O/c1-3-30(25(31)24-28-22-11-10-17(2)12-23(22)29-24)21-9-5-8-20(14-21)27-16-19-7-4-6-18(13-19)15-26/h4,6-7,10-13,20-21,27H,3,5,8-9,14,16H2,1-2H3,(H,28,29)/t20-,21+/m1/s1. The summed E-state index contributed by atoms with van der Waals surface area (Å²) in [5, 5.41) is 12.7. The maximum absolute atomic E-state index is 13.3. The molecule has 1 heterocycles. The van der Waals surface area contributed by atoms with Crippen LogP contribution in [0.2, 0.25) is 0 Å². The van der Waals surface area contributed by atoms with Gasteiger partial charge in [0.25, 0.3) is 5.91 Å². The van der Waals surface area contributed by atoms with E-state index in [-0.39, 0.29) is 11.9 Å². The minimum atomic E-state index is -0.0243. The summed E-state index contributed by atoms with van der Waals surface area (Å²) in [6.45, 7) is 5.46. The highest BCUT2D eigenvalue weighted by atomic mass is 16.2. The molecule has 2 atom stereocenters. The lowest BCUT2D eigenvalue weighted by Gasteiger charge is -2.37. The van der Waals surface area contributed by atoms with E-state index in [1.54, 1.807) is 0 Å². The minimum Gasteiger partial charge on any atom is -0.334 e. The molecule has 0 aliphatic heterocycles. The first kappa shape index (κ1) is 21.1. The first-order chi connectivity index (χ1) is 15.1. The largest absolute Gasteiger partial charge is 0.334 e. The molecule has 1 aliphatic rings. The Morgan fingerprint density at radius 2 is 2.16 bits per heavy atom. The second-order valence-electron chi connectivity index (χ2n) is 8.41. The fourth-order valence-corrected chi connectivity index (χ4v) is 4.57. The highest BCUT2D eigenvalue weighted by Gasteiger charge is 2.30.